The second-order valence-corrected chi connectivity index (χ2v) is 5.15. The van der Waals surface area contributed by atoms with Crippen molar-refractivity contribution in [3.63, 3.8) is 0 Å². The van der Waals surface area contributed by atoms with E-state index in [0.29, 0.717) is 0 Å². The van der Waals surface area contributed by atoms with Gasteiger partial charge >= 0.3 is 0 Å². The van der Waals surface area contributed by atoms with E-state index >= 15 is 0 Å². The van der Waals surface area contributed by atoms with Crippen LogP contribution in [0.5, 0.6) is 0 Å². The number of nitrogens with zero attached hydrogens (tertiary/aromatic N) is 1. The Labute approximate surface area is 113 Å². The maximum atomic E-state index is 11.5. The fourth-order valence-electron chi connectivity index (χ4n) is 2.44. The minimum absolute atomic E-state index is 0.00478. The summed E-state index contributed by atoms with van der Waals surface area (Å²) in [5.41, 5.74) is 1.29. The van der Waals surface area contributed by atoms with Gasteiger partial charge in [0.1, 0.15) is 5.78 Å². The van der Waals surface area contributed by atoms with Gasteiger partial charge in [0, 0.05) is 25.7 Å². The van der Waals surface area contributed by atoms with Crippen molar-refractivity contribution >= 4 is 11.7 Å². The predicted octanol–water partition coefficient (Wildman–Crippen LogP) is 1.36. The Balaban J connectivity index is 1.77. The van der Waals surface area contributed by atoms with Crippen LogP contribution in [0, 0.1) is 0 Å². The summed E-state index contributed by atoms with van der Waals surface area (Å²) in [5.74, 6) is -0.240. The third-order valence-corrected chi connectivity index (χ3v) is 3.30. The van der Waals surface area contributed by atoms with Crippen molar-refractivity contribution in [2.45, 2.75) is 32.4 Å². The summed E-state index contributed by atoms with van der Waals surface area (Å²) in [6.07, 6.45) is 0.950. The minimum atomic E-state index is -0.154. The maximum Gasteiger partial charge on any atom is 0.227 e. The molecular formula is C15H20N2O2. The average molecular weight is 260 g/mol. The van der Waals surface area contributed by atoms with Crippen LogP contribution in [0.15, 0.2) is 30.3 Å². The molecule has 1 aliphatic rings. The first-order valence-electron chi connectivity index (χ1n) is 6.68. The highest BCUT2D eigenvalue weighted by atomic mass is 16.2. The van der Waals surface area contributed by atoms with Gasteiger partial charge in [-0.25, -0.2) is 0 Å². The lowest BCUT2D eigenvalue weighted by Crippen LogP contribution is -2.37. The Kier molecular flexibility index (Phi) is 4.68. The highest BCUT2D eigenvalue weighted by Gasteiger charge is 2.23. The van der Waals surface area contributed by atoms with E-state index in [1.807, 2.05) is 18.2 Å². The lowest BCUT2D eigenvalue weighted by Gasteiger charge is -2.16. The predicted molar refractivity (Wildman–Crippen MR) is 73.6 cm³/mol. The van der Waals surface area contributed by atoms with Gasteiger partial charge in [0.05, 0.1) is 6.42 Å². The van der Waals surface area contributed by atoms with Crippen molar-refractivity contribution in [2.24, 2.45) is 0 Å². The number of Topliss-reactive ketones (excluding diaryl/α,β-unsaturated/α-hetero) is 1. The Bertz CT molecular complexity index is 445. The SMILES string of the molecule is CC(=O)CC(=O)NC1CCN(Cc2ccccc2)C1. The molecule has 1 unspecified atom stereocenters. The Morgan fingerprint density at radius 3 is 2.74 bits per heavy atom. The van der Waals surface area contributed by atoms with E-state index in [2.05, 4.69) is 22.3 Å². The number of rotatable bonds is 5. The summed E-state index contributed by atoms with van der Waals surface area (Å²) in [4.78, 5) is 24.7. The van der Waals surface area contributed by atoms with Gasteiger partial charge in [-0.05, 0) is 18.9 Å². The molecule has 1 N–H and O–H groups in total. The van der Waals surface area contributed by atoms with Gasteiger partial charge in [-0.1, -0.05) is 30.3 Å². The van der Waals surface area contributed by atoms with Crippen LogP contribution in [0.25, 0.3) is 0 Å². The smallest absolute Gasteiger partial charge is 0.227 e. The number of carbonyl (C=O) groups excluding carboxylic acids is 2. The molecule has 0 saturated carbocycles. The Hall–Kier alpha value is -1.68. The first kappa shape index (κ1) is 13.7. The van der Waals surface area contributed by atoms with Crippen LogP contribution in [0.1, 0.15) is 25.3 Å². The van der Waals surface area contributed by atoms with Crippen molar-refractivity contribution in [3.05, 3.63) is 35.9 Å². The molecule has 0 aliphatic carbocycles. The molecule has 2 rings (SSSR count). The van der Waals surface area contributed by atoms with E-state index < -0.39 is 0 Å². The lowest BCUT2D eigenvalue weighted by molar-refractivity contribution is -0.127. The average Bonchev–Trinajstić information content (AvgIpc) is 2.76. The van der Waals surface area contributed by atoms with E-state index in [1.165, 1.54) is 12.5 Å². The van der Waals surface area contributed by atoms with Crippen LogP contribution < -0.4 is 5.32 Å². The number of hydrogen-bond acceptors (Lipinski definition) is 3. The molecule has 1 heterocycles. The molecule has 0 spiro atoms. The molecule has 1 aliphatic heterocycles. The summed E-state index contributed by atoms with van der Waals surface area (Å²) in [6.45, 7) is 4.20. The number of carbonyl (C=O) groups is 2. The molecular weight excluding hydrogens is 240 g/mol. The molecule has 19 heavy (non-hydrogen) atoms. The van der Waals surface area contributed by atoms with Gasteiger partial charge in [0.2, 0.25) is 5.91 Å². The zero-order chi connectivity index (χ0) is 13.7. The number of amides is 1. The molecule has 0 bridgehead atoms. The molecule has 1 saturated heterocycles. The molecule has 1 atom stereocenters. The Morgan fingerprint density at radius 1 is 1.32 bits per heavy atom. The Morgan fingerprint density at radius 2 is 2.05 bits per heavy atom. The van der Waals surface area contributed by atoms with Gasteiger partial charge in [-0.3, -0.25) is 14.5 Å². The van der Waals surface area contributed by atoms with Crippen LogP contribution in [0.3, 0.4) is 0 Å². The van der Waals surface area contributed by atoms with Crippen LogP contribution in [-0.4, -0.2) is 35.7 Å². The molecule has 4 nitrogen and oxygen atoms in total. The van der Waals surface area contributed by atoms with E-state index in [9.17, 15) is 9.59 Å². The second kappa shape index (κ2) is 6.48. The van der Waals surface area contributed by atoms with Crippen LogP contribution >= 0.6 is 0 Å². The van der Waals surface area contributed by atoms with Crippen molar-refractivity contribution in [1.82, 2.24) is 10.2 Å². The van der Waals surface area contributed by atoms with Crippen LogP contribution in [0.4, 0.5) is 0 Å². The van der Waals surface area contributed by atoms with Crippen molar-refractivity contribution in [3.8, 4) is 0 Å². The lowest BCUT2D eigenvalue weighted by atomic mass is 10.2. The van der Waals surface area contributed by atoms with Gasteiger partial charge in [0.15, 0.2) is 0 Å². The second-order valence-electron chi connectivity index (χ2n) is 5.15. The fourth-order valence-corrected chi connectivity index (χ4v) is 2.44. The third-order valence-electron chi connectivity index (χ3n) is 3.30. The number of benzene rings is 1. The molecule has 1 aromatic carbocycles. The normalized spacial score (nSPS) is 19.3. The summed E-state index contributed by atoms with van der Waals surface area (Å²) in [6, 6.07) is 10.5. The first-order chi connectivity index (χ1) is 9.13. The van der Waals surface area contributed by atoms with Crippen LogP contribution in [-0.2, 0) is 16.1 Å². The molecule has 4 heteroatoms. The fraction of sp³-hybridized carbons (Fsp3) is 0.467. The van der Waals surface area contributed by atoms with E-state index in [0.717, 1.165) is 26.1 Å². The summed E-state index contributed by atoms with van der Waals surface area (Å²) < 4.78 is 0. The summed E-state index contributed by atoms with van der Waals surface area (Å²) in [5, 5.41) is 2.92. The van der Waals surface area contributed by atoms with Crippen molar-refractivity contribution < 1.29 is 9.59 Å². The topological polar surface area (TPSA) is 49.4 Å². The van der Waals surface area contributed by atoms with E-state index in [4.69, 9.17) is 0 Å². The van der Waals surface area contributed by atoms with Gasteiger partial charge < -0.3 is 5.32 Å². The van der Waals surface area contributed by atoms with Gasteiger partial charge in [0.25, 0.3) is 0 Å². The standard InChI is InChI=1S/C15H20N2O2/c1-12(18)9-15(19)16-14-7-8-17(11-14)10-13-5-3-2-4-6-13/h2-6,14H,7-11H2,1H3,(H,16,19). The van der Waals surface area contributed by atoms with Gasteiger partial charge in [-0.15, -0.1) is 0 Å². The van der Waals surface area contributed by atoms with Crippen molar-refractivity contribution in [2.75, 3.05) is 13.1 Å². The molecule has 1 aromatic rings. The van der Waals surface area contributed by atoms with Gasteiger partial charge in [-0.2, -0.15) is 0 Å². The van der Waals surface area contributed by atoms with E-state index in [-0.39, 0.29) is 24.2 Å². The molecule has 102 valence electrons. The summed E-state index contributed by atoms with van der Waals surface area (Å²) in [7, 11) is 0. The highest BCUT2D eigenvalue weighted by molar-refractivity contribution is 5.96. The van der Waals surface area contributed by atoms with Crippen LogP contribution in [0.2, 0.25) is 0 Å². The van der Waals surface area contributed by atoms with Crippen molar-refractivity contribution in [1.29, 1.82) is 0 Å². The molecule has 0 radical (unpaired) electrons. The largest absolute Gasteiger partial charge is 0.352 e. The number of nitrogens with one attached hydrogen (secondary N) is 1. The highest BCUT2D eigenvalue weighted by Crippen LogP contribution is 2.13. The summed E-state index contributed by atoms with van der Waals surface area (Å²) >= 11 is 0. The third kappa shape index (κ3) is 4.48. The zero-order valence-electron chi connectivity index (χ0n) is 11.3. The number of likely N-dealkylation sites (tertiary alicyclic amines) is 1. The first-order valence-corrected chi connectivity index (χ1v) is 6.68. The minimum Gasteiger partial charge on any atom is -0.352 e. The molecule has 1 amide bonds. The number of ketones is 1. The monoisotopic (exact) mass is 260 g/mol. The molecule has 1 fully saturated rings. The maximum absolute atomic E-state index is 11.5. The number of hydrogen-bond donors (Lipinski definition) is 1. The zero-order valence-corrected chi connectivity index (χ0v) is 11.3. The quantitative estimate of drug-likeness (QED) is 0.813. The van der Waals surface area contributed by atoms with E-state index in [1.54, 1.807) is 0 Å². The molecule has 0 aromatic heterocycles.